The molecular formula is C15H20O3. The molecule has 1 N–H and O–H groups in total. The first-order valence-electron chi connectivity index (χ1n) is 6.42. The number of rotatable bonds is 8. The van der Waals surface area contributed by atoms with E-state index in [1.54, 1.807) is 6.92 Å². The third-order valence-corrected chi connectivity index (χ3v) is 3.09. The van der Waals surface area contributed by atoms with E-state index in [0.717, 1.165) is 12.8 Å². The van der Waals surface area contributed by atoms with Crippen LogP contribution < -0.4 is 0 Å². The summed E-state index contributed by atoms with van der Waals surface area (Å²) in [6, 6.07) is 10.0. The fraction of sp³-hybridized carbons (Fsp3) is 0.467. The van der Waals surface area contributed by atoms with Gasteiger partial charge in [0.25, 0.3) is 0 Å². The molecule has 0 aliphatic rings. The number of Topliss-reactive ketones (excluding diaryl/α,β-unsaturated/α-hetero) is 1. The highest BCUT2D eigenvalue weighted by atomic mass is 16.4. The minimum Gasteiger partial charge on any atom is -0.481 e. The molecule has 0 amide bonds. The molecular weight excluding hydrogens is 228 g/mol. The number of hydrogen-bond donors (Lipinski definition) is 1. The first-order chi connectivity index (χ1) is 8.63. The van der Waals surface area contributed by atoms with Crippen molar-refractivity contribution in [3.05, 3.63) is 35.9 Å². The Hall–Kier alpha value is -1.64. The summed E-state index contributed by atoms with van der Waals surface area (Å²) in [6.07, 6.45) is 2.79. The number of carbonyl (C=O) groups is 2. The molecule has 0 heterocycles. The monoisotopic (exact) mass is 248 g/mol. The maximum absolute atomic E-state index is 11.6. The van der Waals surface area contributed by atoms with Gasteiger partial charge >= 0.3 is 5.97 Å². The molecule has 0 saturated heterocycles. The second-order valence-electron chi connectivity index (χ2n) is 4.49. The van der Waals surface area contributed by atoms with Crippen molar-refractivity contribution in [3.63, 3.8) is 0 Å². The van der Waals surface area contributed by atoms with E-state index in [2.05, 4.69) is 0 Å². The minimum absolute atomic E-state index is 0.0402. The van der Waals surface area contributed by atoms with Gasteiger partial charge in [-0.2, -0.15) is 0 Å². The third kappa shape index (κ3) is 5.13. The van der Waals surface area contributed by atoms with Crippen molar-refractivity contribution in [2.24, 2.45) is 5.92 Å². The van der Waals surface area contributed by atoms with Gasteiger partial charge in [0.1, 0.15) is 5.78 Å². The second kappa shape index (κ2) is 7.64. The van der Waals surface area contributed by atoms with Gasteiger partial charge in [-0.1, -0.05) is 37.3 Å². The Morgan fingerprint density at radius 1 is 1.22 bits per heavy atom. The van der Waals surface area contributed by atoms with Gasteiger partial charge in [0.15, 0.2) is 0 Å². The van der Waals surface area contributed by atoms with Crippen LogP contribution in [0.25, 0.3) is 0 Å². The molecule has 0 aliphatic heterocycles. The molecule has 1 aromatic rings. The van der Waals surface area contributed by atoms with E-state index in [9.17, 15) is 9.59 Å². The molecule has 98 valence electrons. The molecule has 1 atom stereocenters. The summed E-state index contributed by atoms with van der Waals surface area (Å²) >= 11 is 0. The number of carbonyl (C=O) groups excluding carboxylic acids is 1. The maximum atomic E-state index is 11.6. The Kier molecular flexibility index (Phi) is 6.12. The number of ketones is 1. The van der Waals surface area contributed by atoms with Crippen molar-refractivity contribution < 1.29 is 14.7 Å². The molecule has 0 bridgehead atoms. The Morgan fingerprint density at radius 3 is 2.44 bits per heavy atom. The second-order valence-corrected chi connectivity index (χ2v) is 4.49. The zero-order valence-electron chi connectivity index (χ0n) is 10.8. The third-order valence-electron chi connectivity index (χ3n) is 3.09. The highest BCUT2D eigenvalue weighted by Gasteiger charge is 2.19. The number of hydrogen-bond acceptors (Lipinski definition) is 2. The van der Waals surface area contributed by atoms with Gasteiger partial charge in [-0.3, -0.25) is 9.59 Å². The molecule has 0 aliphatic carbocycles. The Labute approximate surface area is 108 Å². The van der Waals surface area contributed by atoms with Gasteiger partial charge < -0.3 is 5.11 Å². The summed E-state index contributed by atoms with van der Waals surface area (Å²) in [5.74, 6) is -1.15. The lowest BCUT2D eigenvalue weighted by molar-refractivity contribution is -0.140. The van der Waals surface area contributed by atoms with E-state index < -0.39 is 5.97 Å². The first-order valence-corrected chi connectivity index (χ1v) is 6.42. The van der Waals surface area contributed by atoms with Crippen molar-refractivity contribution >= 4 is 11.8 Å². The van der Waals surface area contributed by atoms with Crippen molar-refractivity contribution in [1.82, 2.24) is 0 Å². The summed E-state index contributed by atoms with van der Waals surface area (Å²) in [4.78, 5) is 22.3. The van der Waals surface area contributed by atoms with Crippen molar-refractivity contribution in [2.75, 3.05) is 0 Å². The highest BCUT2D eigenvalue weighted by molar-refractivity contribution is 5.84. The van der Waals surface area contributed by atoms with Crippen LogP contribution in [0.1, 0.15) is 38.2 Å². The number of carboxylic acids is 1. The molecule has 18 heavy (non-hydrogen) atoms. The Bertz CT molecular complexity index is 384. The normalized spacial score (nSPS) is 12.1. The predicted molar refractivity (Wildman–Crippen MR) is 70.4 cm³/mol. The predicted octanol–water partition coefficient (Wildman–Crippen LogP) is 3.08. The molecule has 0 aromatic heterocycles. The number of carboxylic acid groups (broad SMARTS) is 1. The van der Waals surface area contributed by atoms with Crippen LogP contribution in [0, 0.1) is 5.92 Å². The average Bonchev–Trinajstić information content (AvgIpc) is 2.37. The van der Waals surface area contributed by atoms with Crippen molar-refractivity contribution in [1.29, 1.82) is 0 Å². The van der Waals surface area contributed by atoms with Crippen LogP contribution in [0.2, 0.25) is 0 Å². The van der Waals surface area contributed by atoms with E-state index >= 15 is 0 Å². The summed E-state index contributed by atoms with van der Waals surface area (Å²) < 4.78 is 0. The van der Waals surface area contributed by atoms with E-state index in [4.69, 9.17) is 5.11 Å². The smallest absolute Gasteiger partial charge is 0.304 e. The van der Waals surface area contributed by atoms with E-state index in [0.29, 0.717) is 12.8 Å². The fourth-order valence-electron chi connectivity index (χ4n) is 2.07. The highest BCUT2D eigenvalue weighted by Crippen LogP contribution is 2.16. The molecule has 0 spiro atoms. The zero-order valence-corrected chi connectivity index (χ0v) is 10.8. The summed E-state index contributed by atoms with van der Waals surface area (Å²) in [5.41, 5.74) is 1.23. The van der Waals surface area contributed by atoms with Crippen LogP contribution in [-0.2, 0) is 16.0 Å². The van der Waals surface area contributed by atoms with E-state index in [1.165, 1.54) is 5.56 Å². The molecule has 1 rings (SSSR count). The van der Waals surface area contributed by atoms with E-state index in [-0.39, 0.29) is 18.1 Å². The zero-order chi connectivity index (χ0) is 13.4. The molecule has 0 radical (unpaired) electrons. The van der Waals surface area contributed by atoms with Crippen molar-refractivity contribution in [2.45, 2.75) is 39.0 Å². The number of aryl methyl sites for hydroxylation is 1. The lowest BCUT2D eigenvalue weighted by Gasteiger charge is -2.12. The van der Waals surface area contributed by atoms with Crippen LogP contribution in [-0.4, -0.2) is 16.9 Å². The van der Waals surface area contributed by atoms with Crippen LogP contribution in [0.4, 0.5) is 0 Å². The van der Waals surface area contributed by atoms with Gasteiger partial charge in [-0.15, -0.1) is 0 Å². The summed E-state index contributed by atoms with van der Waals surface area (Å²) in [6.45, 7) is 1.79. The molecule has 0 fully saturated rings. The lowest BCUT2D eigenvalue weighted by Crippen LogP contribution is -2.17. The minimum atomic E-state index is -0.887. The van der Waals surface area contributed by atoms with Crippen LogP contribution in [0.5, 0.6) is 0 Å². The van der Waals surface area contributed by atoms with Gasteiger partial charge in [0.2, 0.25) is 0 Å². The molecule has 1 aromatic carbocycles. The molecule has 1 unspecified atom stereocenters. The number of aliphatic carboxylic acids is 1. The Balaban J connectivity index is 2.42. The summed E-state index contributed by atoms with van der Waals surface area (Å²) in [5, 5.41) is 8.79. The molecule has 0 saturated carbocycles. The largest absolute Gasteiger partial charge is 0.481 e. The maximum Gasteiger partial charge on any atom is 0.304 e. The molecule has 3 nitrogen and oxygen atoms in total. The topological polar surface area (TPSA) is 54.4 Å². The SMILES string of the molecule is CCC(=O)C(CCCc1ccccc1)CC(=O)O. The van der Waals surface area contributed by atoms with Gasteiger partial charge in [-0.25, -0.2) is 0 Å². The van der Waals surface area contributed by atoms with Crippen LogP contribution in [0.3, 0.4) is 0 Å². The summed E-state index contributed by atoms with van der Waals surface area (Å²) in [7, 11) is 0. The average molecular weight is 248 g/mol. The lowest BCUT2D eigenvalue weighted by atomic mass is 9.91. The standard InChI is InChI=1S/C15H20O3/c1-2-14(16)13(11-15(17)18)10-6-9-12-7-4-3-5-8-12/h3-5,7-8,13H,2,6,9-11H2,1H3,(H,17,18). The quantitative estimate of drug-likeness (QED) is 0.769. The number of benzene rings is 1. The van der Waals surface area contributed by atoms with Gasteiger partial charge in [0, 0.05) is 12.3 Å². The fourth-order valence-corrected chi connectivity index (χ4v) is 2.07. The van der Waals surface area contributed by atoms with Gasteiger partial charge in [0.05, 0.1) is 6.42 Å². The Morgan fingerprint density at radius 2 is 1.89 bits per heavy atom. The molecule has 3 heteroatoms. The van der Waals surface area contributed by atoms with Gasteiger partial charge in [-0.05, 0) is 24.8 Å². The van der Waals surface area contributed by atoms with E-state index in [1.807, 2.05) is 30.3 Å². The first kappa shape index (κ1) is 14.4. The van der Waals surface area contributed by atoms with Crippen LogP contribution >= 0.6 is 0 Å². The van der Waals surface area contributed by atoms with Crippen molar-refractivity contribution in [3.8, 4) is 0 Å². The van der Waals surface area contributed by atoms with Crippen LogP contribution in [0.15, 0.2) is 30.3 Å².